The van der Waals surface area contributed by atoms with Crippen LogP contribution in [0.1, 0.15) is 36.4 Å². The molecule has 1 amide bonds. The maximum Gasteiger partial charge on any atom is 0.350 e. The lowest BCUT2D eigenvalue weighted by Gasteiger charge is -2.35. The molecule has 4 rings (SSSR count). The number of hydrogen-bond acceptors (Lipinski definition) is 10. The minimum Gasteiger partial charge on any atom is -0.497 e. The van der Waals surface area contributed by atoms with Gasteiger partial charge in [0.2, 0.25) is 6.41 Å². The first-order valence-electron chi connectivity index (χ1n) is 11.9. The Hall–Kier alpha value is -2.60. The third kappa shape index (κ3) is 5.79. The molecule has 0 aliphatic carbocycles. The van der Waals surface area contributed by atoms with Crippen molar-refractivity contribution in [3.8, 4) is 17.1 Å². The second kappa shape index (κ2) is 11.8. The summed E-state index contributed by atoms with van der Waals surface area (Å²) < 4.78 is 16.7. The lowest BCUT2D eigenvalue weighted by Crippen LogP contribution is -2.53. The number of nitrogens with zero attached hydrogens (tertiary/aromatic N) is 3. The number of rotatable bonds is 10. The van der Waals surface area contributed by atoms with Gasteiger partial charge in [-0.15, -0.1) is 11.6 Å². The maximum absolute atomic E-state index is 12.7. The fourth-order valence-electron chi connectivity index (χ4n) is 4.29. The molecule has 2 N–H and O–H groups in total. The number of alkyl halides is 1. The normalized spacial score (nSPS) is 22.1. The summed E-state index contributed by atoms with van der Waals surface area (Å²) in [4.78, 5) is 34.3. The van der Waals surface area contributed by atoms with Crippen LogP contribution in [0, 0.1) is 0 Å². The Morgan fingerprint density at radius 2 is 2.16 bits per heavy atom. The van der Waals surface area contributed by atoms with Crippen LogP contribution in [0.4, 0.5) is 5.13 Å². The molecule has 200 valence electrons. The Morgan fingerprint density at radius 1 is 1.41 bits per heavy atom. The molecule has 1 unspecified atom stereocenters. The van der Waals surface area contributed by atoms with Crippen molar-refractivity contribution in [3.63, 3.8) is 0 Å². The van der Waals surface area contributed by atoms with Crippen LogP contribution in [0.3, 0.4) is 0 Å². The van der Waals surface area contributed by atoms with Gasteiger partial charge < -0.3 is 29.7 Å². The predicted octanol–water partition coefficient (Wildman–Crippen LogP) is 3.50. The van der Waals surface area contributed by atoms with E-state index in [0.717, 1.165) is 12.8 Å². The number of anilines is 1. The first-order valence-corrected chi connectivity index (χ1v) is 13.4. The standard InChI is InChI=1S/C24H29Cl2N5O5S/c1-4-35-21(33)19-18(17-11-16(34-3)5-8-27-17)30-23(37-19)31-9-6-15(7-10-31)36-12-24(26)20(25)14(2)29-22(24)28-13-32/h5,8,11,13,15,22,29H,4,6-7,9-10,12H2,1-3H3,(H,28,32)/t22?,24-/m0/s1. The number of amides is 1. The van der Waals surface area contributed by atoms with Gasteiger partial charge in [-0.2, -0.15) is 0 Å². The van der Waals surface area contributed by atoms with E-state index in [-0.39, 0.29) is 19.3 Å². The van der Waals surface area contributed by atoms with E-state index in [9.17, 15) is 9.59 Å². The summed E-state index contributed by atoms with van der Waals surface area (Å²) in [5, 5.41) is 6.89. The first-order chi connectivity index (χ1) is 17.8. The maximum atomic E-state index is 12.7. The number of piperidine rings is 1. The van der Waals surface area contributed by atoms with E-state index in [1.807, 2.05) is 0 Å². The molecule has 10 nitrogen and oxygen atoms in total. The Bertz CT molecular complexity index is 1170. The third-order valence-corrected chi connectivity index (χ3v) is 8.61. The molecule has 0 radical (unpaired) electrons. The molecule has 37 heavy (non-hydrogen) atoms. The number of nitrogens with one attached hydrogen (secondary N) is 2. The van der Waals surface area contributed by atoms with Crippen molar-refractivity contribution >= 4 is 52.0 Å². The quantitative estimate of drug-likeness (QED) is 0.252. The number of methoxy groups -OCH3 is 1. The Kier molecular flexibility index (Phi) is 8.79. The number of halogens is 2. The molecule has 2 aliphatic rings. The van der Waals surface area contributed by atoms with Crippen molar-refractivity contribution in [2.24, 2.45) is 0 Å². The lowest BCUT2D eigenvalue weighted by atomic mass is 10.1. The molecule has 0 aromatic carbocycles. The number of carbonyl (C=O) groups excluding carboxylic acids is 2. The van der Waals surface area contributed by atoms with Gasteiger partial charge in [-0.05, 0) is 32.8 Å². The lowest BCUT2D eigenvalue weighted by molar-refractivity contribution is -0.110. The van der Waals surface area contributed by atoms with Gasteiger partial charge in [-0.1, -0.05) is 22.9 Å². The number of aromatic nitrogens is 2. The van der Waals surface area contributed by atoms with Gasteiger partial charge in [0.15, 0.2) is 5.13 Å². The summed E-state index contributed by atoms with van der Waals surface area (Å²) in [7, 11) is 1.57. The van der Waals surface area contributed by atoms with Crippen molar-refractivity contribution in [3.05, 3.63) is 33.9 Å². The molecular formula is C24H29Cl2N5O5S. The average Bonchev–Trinajstić information content (AvgIpc) is 3.45. The van der Waals surface area contributed by atoms with Crippen LogP contribution in [-0.4, -0.2) is 72.9 Å². The number of hydrogen-bond donors (Lipinski definition) is 2. The summed E-state index contributed by atoms with van der Waals surface area (Å²) in [5.41, 5.74) is 1.72. The van der Waals surface area contributed by atoms with E-state index >= 15 is 0 Å². The fraction of sp³-hybridized carbons (Fsp3) is 0.500. The highest BCUT2D eigenvalue weighted by atomic mass is 35.5. The summed E-state index contributed by atoms with van der Waals surface area (Å²) in [6.07, 6.45) is 3.06. The minimum absolute atomic E-state index is 0.0434. The molecular weight excluding hydrogens is 541 g/mol. The fourth-order valence-corrected chi connectivity index (χ4v) is 5.86. The molecule has 0 saturated carbocycles. The van der Waals surface area contributed by atoms with Gasteiger partial charge in [-0.25, -0.2) is 9.78 Å². The van der Waals surface area contributed by atoms with Gasteiger partial charge in [0.05, 0.1) is 37.2 Å². The van der Waals surface area contributed by atoms with Gasteiger partial charge in [0.1, 0.15) is 27.4 Å². The zero-order valence-corrected chi connectivity index (χ0v) is 23.1. The van der Waals surface area contributed by atoms with Crippen molar-refractivity contribution < 1.29 is 23.8 Å². The highest BCUT2D eigenvalue weighted by Crippen LogP contribution is 2.39. The highest BCUT2D eigenvalue weighted by molar-refractivity contribution is 7.17. The zero-order valence-electron chi connectivity index (χ0n) is 20.8. The van der Waals surface area contributed by atoms with Crippen molar-refractivity contribution in [2.75, 3.05) is 38.3 Å². The van der Waals surface area contributed by atoms with E-state index in [0.29, 0.717) is 57.4 Å². The van der Waals surface area contributed by atoms with Crippen LogP contribution in [0.2, 0.25) is 0 Å². The van der Waals surface area contributed by atoms with Gasteiger partial charge in [-0.3, -0.25) is 9.78 Å². The SMILES string of the molecule is CCOC(=O)c1sc(N2CCC(OC[C@]3(Cl)C(Cl)=C(C)NC3NC=O)CC2)nc1-c1cc(OC)ccn1. The zero-order chi connectivity index (χ0) is 26.6. The number of esters is 1. The molecule has 2 atom stereocenters. The highest BCUT2D eigenvalue weighted by Gasteiger charge is 2.47. The second-order valence-corrected chi connectivity index (χ2v) is 10.7. The van der Waals surface area contributed by atoms with Crippen molar-refractivity contribution in [1.29, 1.82) is 0 Å². The molecule has 2 aliphatic heterocycles. The number of pyridine rings is 1. The molecule has 1 saturated heterocycles. The average molecular weight is 570 g/mol. The van der Waals surface area contributed by atoms with Crippen LogP contribution >= 0.6 is 34.5 Å². The second-order valence-electron chi connectivity index (χ2n) is 8.64. The Morgan fingerprint density at radius 3 is 2.84 bits per heavy atom. The predicted molar refractivity (Wildman–Crippen MR) is 142 cm³/mol. The van der Waals surface area contributed by atoms with E-state index in [1.54, 1.807) is 39.3 Å². The molecule has 2 aromatic rings. The van der Waals surface area contributed by atoms with Crippen molar-refractivity contribution in [2.45, 2.75) is 43.8 Å². The summed E-state index contributed by atoms with van der Waals surface area (Å²) in [6, 6.07) is 3.48. The van der Waals surface area contributed by atoms with Crippen LogP contribution in [0.25, 0.3) is 11.4 Å². The van der Waals surface area contributed by atoms with Crippen LogP contribution < -0.4 is 20.3 Å². The summed E-state index contributed by atoms with van der Waals surface area (Å²) >= 11 is 14.5. The molecule has 1 fully saturated rings. The molecule has 0 spiro atoms. The Balaban J connectivity index is 1.44. The summed E-state index contributed by atoms with van der Waals surface area (Å²) in [5.74, 6) is 0.193. The Labute approximate surface area is 229 Å². The monoisotopic (exact) mass is 569 g/mol. The number of ether oxygens (including phenoxy) is 3. The number of carbonyl (C=O) groups is 2. The van der Waals surface area contributed by atoms with E-state index < -0.39 is 17.0 Å². The van der Waals surface area contributed by atoms with E-state index in [1.165, 1.54) is 11.3 Å². The molecule has 4 heterocycles. The third-order valence-electron chi connectivity index (χ3n) is 6.28. The van der Waals surface area contributed by atoms with E-state index in [4.69, 9.17) is 42.4 Å². The van der Waals surface area contributed by atoms with Gasteiger partial charge in [0.25, 0.3) is 0 Å². The van der Waals surface area contributed by atoms with Gasteiger partial charge >= 0.3 is 5.97 Å². The van der Waals surface area contributed by atoms with Gasteiger partial charge in [0, 0.05) is 31.0 Å². The smallest absolute Gasteiger partial charge is 0.350 e. The largest absolute Gasteiger partial charge is 0.497 e. The molecule has 13 heteroatoms. The van der Waals surface area contributed by atoms with Crippen LogP contribution in [0.15, 0.2) is 29.1 Å². The molecule has 2 aromatic heterocycles. The van der Waals surface area contributed by atoms with Crippen LogP contribution in [-0.2, 0) is 14.3 Å². The number of thiazole rings is 1. The first kappa shape index (κ1) is 27.4. The minimum atomic E-state index is -1.08. The van der Waals surface area contributed by atoms with Crippen LogP contribution in [0.5, 0.6) is 5.75 Å². The van der Waals surface area contributed by atoms with Crippen molar-refractivity contribution in [1.82, 2.24) is 20.6 Å². The molecule has 0 bridgehead atoms. The summed E-state index contributed by atoms with van der Waals surface area (Å²) in [6.45, 7) is 5.33. The number of allylic oxidation sites excluding steroid dienone is 1. The topological polar surface area (TPSA) is 115 Å². The van der Waals surface area contributed by atoms with E-state index in [2.05, 4.69) is 20.5 Å².